The maximum absolute atomic E-state index is 8.90. The fourth-order valence-corrected chi connectivity index (χ4v) is 1.42. The lowest BCUT2D eigenvalue weighted by atomic mass is 10.1. The van der Waals surface area contributed by atoms with E-state index in [1.807, 2.05) is 24.3 Å². The van der Waals surface area contributed by atoms with E-state index >= 15 is 0 Å². The van der Waals surface area contributed by atoms with Crippen molar-refractivity contribution in [2.75, 3.05) is 13.2 Å². The van der Waals surface area contributed by atoms with E-state index in [1.54, 1.807) is 0 Å². The van der Waals surface area contributed by atoms with E-state index < -0.39 is 0 Å². The summed E-state index contributed by atoms with van der Waals surface area (Å²) in [7, 11) is 0. The summed E-state index contributed by atoms with van der Waals surface area (Å²) in [6.07, 6.45) is 0.985. The summed E-state index contributed by atoms with van der Waals surface area (Å²) in [5.41, 5.74) is 1.08. The van der Waals surface area contributed by atoms with Gasteiger partial charge in [0.25, 0.3) is 0 Å². The van der Waals surface area contributed by atoms with Gasteiger partial charge in [-0.1, -0.05) is 12.1 Å². The van der Waals surface area contributed by atoms with E-state index in [4.69, 9.17) is 9.84 Å². The number of benzene rings is 1. The third kappa shape index (κ3) is 6.29. The van der Waals surface area contributed by atoms with Crippen LogP contribution in [-0.2, 0) is 6.61 Å². The second-order valence-electron chi connectivity index (χ2n) is 5.18. The smallest absolute Gasteiger partial charge is 0.119 e. The topological polar surface area (TPSA) is 41.5 Å². The van der Waals surface area contributed by atoms with Crippen molar-refractivity contribution in [3.8, 4) is 5.75 Å². The van der Waals surface area contributed by atoms with Gasteiger partial charge in [-0.2, -0.15) is 0 Å². The predicted molar refractivity (Wildman–Crippen MR) is 70.2 cm³/mol. The molecule has 0 bridgehead atoms. The zero-order chi connectivity index (χ0) is 12.7. The van der Waals surface area contributed by atoms with Crippen molar-refractivity contribution in [2.45, 2.75) is 39.3 Å². The second-order valence-corrected chi connectivity index (χ2v) is 5.18. The zero-order valence-corrected chi connectivity index (χ0v) is 11.0. The van der Waals surface area contributed by atoms with Gasteiger partial charge in [-0.15, -0.1) is 0 Å². The highest BCUT2D eigenvalue weighted by atomic mass is 16.5. The summed E-state index contributed by atoms with van der Waals surface area (Å²) >= 11 is 0. The van der Waals surface area contributed by atoms with Crippen molar-refractivity contribution < 1.29 is 9.84 Å². The van der Waals surface area contributed by atoms with Crippen molar-refractivity contribution in [1.29, 1.82) is 0 Å². The Kier molecular flexibility index (Phi) is 5.45. The SMILES string of the molecule is CC(C)(C)NCCCOc1ccc(CO)cc1. The van der Waals surface area contributed by atoms with E-state index in [-0.39, 0.29) is 12.1 Å². The minimum atomic E-state index is 0.0791. The second kappa shape index (κ2) is 6.62. The first kappa shape index (κ1) is 14.0. The largest absolute Gasteiger partial charge is 0.494 e. The lowest BCUT2D eigenvalue weighted by molar-refractivity contribution is 0.280. The average molecular weight is 237 g/mol. The maximum atomic E-state index is 8.90. The fourth-order valence-electron chi connectivity index (χ4n) is 1.42. The van der Waals surface area contributed by atoms with Gasteiger partial charge < -0.3 is 15.2 Å². The van der Waals surface area contributed by atoms with Gasteiger partial charge in [0, 0.05) is 5.54 Å². The highest BCUT2D eigenvalue weighted by Crippen LogP contribution is 2.12. The quantitative estimate of drug-likeness (QED) is 0.746. The zero-order valence-electron chi connectivity index (χ0n) is 11.0. The van der Waals surface area contributed by atoms with Crippen LogP contribution >= 0.6 is 0 Å². The van der Waals surface area contributed by atoms with Crippen LogP contribution < -0.4 is 10.1 Å². The number of ether oxygens (including phenoxy) is 1. The predicted octanol–water partition coefficient (Wildman–Crippen LogP) is 2.34. The van der Waals surface area contributed by atoms with Crippen molar-refractivity contribution in [1.82, 2.24) is 5.32 Å². The Hall–Kier alpha value is -1.06. The Labute approximate surface area is 104 Å². The molecule has 0 atom stereocenters. The maximum Gasteiger partial charge on any atom is 0.119 e. The standard InChI is InChI=1S/C14H23NO2/c1-14(2,3)15-9-4-10-17-13-7-5-12(11-16)6-8-13/h5-8,15-16H,4,9-11H2,1-3H3. The third-order valence-electron chi connectivity index (χ3n) is 2.35. The van der Waals surface area contributed by atoms with Crippen molar-refractivity contribution >= 4 is 0 Å². The molecule has 0 radical (unpaired) electrons. The highest BCUT2D eigenvalue weighted by Gasteiger charge is 2.06. The Balaban J connectivity index is 2.18. The molecular weight excluding hydrogens is 214 g/mol. The Morgan fingerprint density at radius 3 is 2.35 bits per heavy atom. The Bertz CT molecular complexity index is 314. The monoisotopic (exact) mass is 237 g/mol. The molecular formula is C14H23NO2. The number of aliphatic hydroxyl groups is 1. The molecule has 3 heteroatoms. The molecule has 3 nitrogen and oxygen atoms in total. The number of aliphatic hydroxyl groups excluding tert-OH is 1. The van der Waals surface area contributed by atoms with Gasteiger partial charge >= 0.3 is 0 Å². The van der Waals surface area contributed by atoms with Crippen LogP contribution in [0.1, 0.15) is 32.8 Å². The molecule has 0 saturated heterocycles. The molecule has 0 aliphatic carbocycles. The van der Waals surface area contributed by atoms with Gasteiger partial charge in [0.1, 0.15) is 5.75 Å². The van der Waals surface area contributed by atoms with E-state index in [1.165, 1.54) is 0 Å². The lowest BCUT2D eigenvalue weighted by Gasteiger charge is -2.20. The molecule has 0 fully saturated rings. The van der Waals surface area contributed by atoms with Crippen LogP contribution in [0.4, 0.5) is 0 Å². The van der Waals surface area contributed by atoms with Gasteiger partial charge in [0.15, 0.2) is 0 Å². The minimum Gasteiger partial charge on any atom is -0.494 e. The van der Waals surface area contributed by atoms with Crippen LogP contribution in [0.15, 0.2) is 24.3 Å². The summed E-state index contributed by atoms with van der Waals surface area (Å²) < 4.78 is 5.60. The number of rotatable bonds is 6. The van der Waals surface area contributed by atoms with E-state index in [9.17, 15) is 0 Å². The van der Waals surface area contributed by atoms with Crippen molar-refractivity contribution in [3.63, 3.8) is 0 Å². The van der Waals surface area contributed by atoms with E-state index in [0.29, 0.717) is 6.61 Å². The summed E-state index contributed by atoms with van der Waals surface area (Å²) in [5, 5.41) is 12.3. The molecule has 17 heavy (non-hydrogen) atoms. The normalized spacial score (nSPS) is 11.5. The Morgan fingerprint density at radius 2 is 1.82 bits per heavy atom. The van der Waals surface area contributed by atoms with E-state index in [0.717, 1.165) is 24.3 Å². The highest BCUT2D eigenvalue weighted by molar-refractivity contribution is 5.26. The van der Waals surface area contributed by atoms with E-state index in [2.05, 4.69) is 26.1 Å². The first-order chi connectivity index (χ1) is 8.01. The average Bonchev–Trinajstić information content (AvgIpc) is 2.28. The number of nitrogens with one attached hydrogen (secondary N) is 1. The third-order valence-corrected chi connectivity index (χ3v) is 2.35. The molecule has 0 aliphatic rings. The molecule has 0 amide bonds. The van der Waals surface area contributed by atoms with Crippen molar-refractivity contribution in [3.05, 3.63) is 29.8 Å². The molecule has 2 N–H and O–H groups in total. The number of hydrogen-bond acceptors (Lipinski definition) is 3. The van der Waals surface area contributed by atoms with Crippen LogP contribution in [0.5, 0.6) is 5.75 Å². The molecule has 1 aromatic rings. The first-order valence-corrected chi connectivity index (χ1v) is 6.09. The van der Waals surface area contributed by atoms with Crippen LogP contribution in [0.2, 0.25) is 0 Å². The molecule has 1 aromatic carbocycles. The van der Waals surface area contributed by atoms with Gasteiger partial charge in [-0.05, 0) is 51.4 Å². The molecule has 96 valence electrons. The molecule has 1 rings (SSSR count). The molecule has 0 heterocycles. The van der Waals surface area contributed by atoms with Crippen LogP contribution in [0.25, 0.3) is 0 Å². The summed E-state index contributed by atoms with van der Waals surface area (Å²) in [6.45, 7) is 8.21. The molecule has 0 spiro atoms. The molecule has 0 saturated carbocycles. The first-order valence-electron chi connectivity index (χ1n) is 6.09. The Morgan fingerprint density at radius 1 is 1.18 bits per heavy atom. The van der Waals surface area contributed by atoms with Crippen LogP contribution in [0, 0.1) is 0 Å². The summed E-state index contributed by atoms with van der Waals surface area (Å²) in [6, 6.07) is 7.54. The van der Waals surface area contributed by atoms with Gasteiger partial charge in [-0.3, -0.25) is 0 Å². The lowest BCUT2D eigenvalue weighted by Crippen LogP contribution is -2.36. The number of hydrogen-bond donors (Lipinski definition) is 2. The van der Waals surface area contributed by atoms with Crippen molar-refractivity contribution in [2.24, 2.45) is 0 Å². The molecule has 0 unspecified atom stereocenters. The summed E-state index contributed by atoms with van der Waals surface area (Å²) in [5.74, 6) is 0.859. The molecule has 0 aromatic heterocycles. The van der Waals surface area contributed by atoms with Gasteiger partial charge in [0.2, 0.25) is 0 Å². The van der Waals surface area contributed by atoms with Gasteiger partial charge in [-0.25, -0.2) is 0 Å². The van der Waals surface area contributed by atoms with Gasteiger partial charge in [0.05, 0.1) is 13.2 Å². The van der Waals surface area contributed by atoms with Crippen LogP contribution in [-0.4, -0.2) is 23.8 Å². The fraction of sp³-hybridized carbons (Fsp3) is 0.571. The summed E-state index contributed by atoms with van der Waals surface area (Å²) in [4.78, 5) is 0. The minimum absolute atomic E-state index is 0.0791. The van der Waals surface area contributed by atoms with Crippen LogP contribution in [0.3, 0.4) is 0 Å². The molecule has 0 aliphatic heterocycles.